The molecular formula is C12H17N. The van der Waals surface area contributed by atoms with Gasteiger partial charge in [-0.3, -0.25) is 0 Å². The summed E-state index contributed by atoms with van der Waals surface area (Å²) in [4.78, 5) is 0. The van der Waals surface area contributed by atoms with Gasteiger partial charge in [0.15, 0.2) is 0 Å². The summed E-state index contributed by atoms with van der Waals surface area (Å²) in [5, 5.41) is 3.13. The molecular weight excluding hydrogens is 158 g/mol. The van der Waals surface area contributed by atoms with Crippen molar-refractivity contribution >= 4 is 0 Å². The Morgan fingerprint density at radius 1 is 1.15 bits per heavy atom. The van der Waals surface area contributed by atoms with Gasteiger partial charge in [0.1, 0.15) is 0 Å². The van der Waals surface area contributed by atoms with Crippen LogP contribution in [0.25, 0.3) is 0 Å². The smallest absolute Gasteiger partial charge is 0.0376 e. The number of hydrogen-bond donors (Lipinski definition) is 1. The molecule has 0 spiro atoms. The fourth-order valence-corrected chi connectivity index (χ4v) is 0.744. The second-order valence-electron chi connectivity index (χ2n) is 2.39. The summed E-state index contributed by atoms with van der Waals surface area (Å²) in [5.41, 5.74) is 1.05. The van der Waals surface area contributed by atoms with Crippen LogP contribution in [0.3, 0.4) is 0 Å². The van der Waals surface area contributed by atoms with E-state index >= 15 is 0 Å². The van der Waals surface area contributed by atoms with Gasteiger partial charge in [0.25, 0.3) is 0 Å². The van der Waals surface area contributed by atoms with E-state index in [9.17, 15) is 0 Å². The van der Waals surface area contributed by atoms with Gasteiger partial charge in [0.05, 0.1) is 0 Å². The van der Waals surface area contributed by atoms with Gasteiger partial charge >= 0.3 is 0 Å². The molecule has 0 aromatic rings. The zero-order valence-corrected chi connectivity index (χ0v) is 8.33. The van der Waals surface area contributed by atoms with Crippen LogP contribution in [0.15, 0.2) is 61.0 Å². The Morgan fingerprint density at radius 3 is 2.46 bits per heavy atom. The van der Waals surface area contributed by atoms with Crippen molar-refractivity contribution in [3.63, 3.8) is 0 Å². The summed E-state index contributed by atoms with van der Waals surface area (Å²) in [5.74, 6) is 0. The Bertz CT molecular complexity index is 242. The van der Waals surface area contributed by atoms with Crippen molar-refractivity contribution in [1.29, 1.82) is 0 Å². The maximum atomic E-state index is 3.59. The summed E-state index contributed by atoms with van der Waals surface area (Å²) in [7, 11) is 0. The monoisotopic (exact) mass is 175 g/mol. The molecule has 0 rings (SSSR count). The fourth-order valence-electron chi connectivity index (χ4n) is 0.744. The second kappa shape index (κ2) is 8.60. The zero-order valence-electron chi connectivity index (χ0n) is 8.33. The standard InChI is InChI=1S/C12H17N/c1-4-7-10-12(9-6-3)13-11-8-5-2/h4-11,13H,2H2,1,3H3/b7-4-,9-6-,11-8+,12-10+. The quantitative estimate of drug-likeness (QED) is 0.632. The minimum absolute atomic E-state index is 1.05. The van der Waals surface area contributed by atoms with Crippen LogP contribution in [0.4, 0.5) is 0 Å². The Morgan fingerprint density at radius 2 is 1.92 bits per heavy atom. The van der Waals surface area contributed by atoms with Gasteiger partial charge in [0, 0.05) is 11.9 Å². The van der Waals surface area contributed by atoms with E-state index in [0.29, 0.717) is 0 Å². The minimum atomic E-state index is 1.05. The first-order valence-electron chi connectivity index (χ1n) is 4.35. The van der Waals surface area contributed by atoms with E-state index in [1.807, 2.05) is 56.5 Å². The van der Waals surface area contributed by atoms with Gasteiger partial charge in [-0.05, 0) is 32.1 Å². The third kappa shape index (κ3) is 6.88. The molecule has 0 aromatic carbocycles. The van der Waals surface area contributed by atoms with E-state index in [0.717, 1.165) is 5.70 Å². The molecule has 0 radical (unpaired) electrons. The van der Waals surface area contributed by atoms with Gasteiger partial charge < -0.3 is 5.32 Å². The predicted molar refractivity (Wildman–Crippen MR) is 60.2 cm³/mol. The summed E-state index contributed by atoms with van der Waals surface area (Å²) in [6.45, 7) is 7.57. The Kier molecular flexibility index (Phi) is 7.60. The van der Waals surface area contributed by atoms with Crippen LogP contribution < -0.4 is 5.32 Å². The molecule has 1 heteroatoms. The van der Waals surface area contributed by atoms with E-state index in [1.165, 1.54) is 0 Å². The largest absolute Gasteiger partial charge is 0.362 e. The molecule has 1 N–H and O–H groups in total. The van der Waals surface area contributed by atoms with Crippen molar-refractivity contribution in [2.45, 2.75) is 13.8 Å². The first kappa shape index (κ1) is 11.5. The first-order valence-corrected chi connectivity index (χ1v) is 4.35. The molecule has 70 valence electrons. The summed E-state index contributed by atoms with van der Waals surface area (Å²) in [6.07, 6.45) is 15.4. The zero-order chi connectivity index (χ0) is 9.94. The molecule has 0 unspecified atom stereocenters. The lowest BCUT2D eigenvalue weighted by Crippen LogP contribution is -2.01. The summed E-state index contributed by atoms with van der Waals surface area (Å²) >= 11 is 0. The minimum Gasteiger partial charge on any atom is -0.362 e. The Hall–Kier alpha value is -1.50. The van der Waals surface area contributed by atoms with Crippen molar-refractivity contribution in [2.24, 2.45) is 0 Å². The number of hydrogen-bond acceptors (Lipinski definition) is 1. The Balaban J connectivity index is 4.25. The van der Waals surface area contributed by atoms with Crippen molar-refractivity contribution in [1.82, 2.24) is 5.32 Å². The van der Waals surface area contributed by atoms with Crippen LogP contribution >= 0.6 is 0 Å². The second-order valence-corrected chi connectivity index (χ2v) is 2.39. The van der Waals surface area contributed by atoms with Gasteiger partial charge in [-0.2, -0.15) is 0 Å². The van der Waals surface area contributed by atoms with E-state index in [2.05, 4.69) is 11.9 Å². The lowest BCUT2D eigenvalue weighted by molar-refractivity contribution is 1.11. The van der Waals surface area contributed by atoms with Crippen molar-refractivity contribution in [2.75, 3.05) is 0 Å². The number of rotatable bonds is 5. The van der Waals surface area contributed by atoms with Crippen LogP contribution in [-0.4, -0.2) is 0 Å². The van der Waals surface area contributed by atoms with Crippen LogP contribution in [0.1, 0.15) is 13.8 Å². The van der Waals surface area contributed by atoms with Gasteiger partial charge in [0.2, 0.25) is 0 Å². The molecule has 0 bridgehead atoms. The predicted octanol–water partition coefficient (Wildman–Crippen LogP) is 3.31. The molecule has 0 heterocycles. The molecule has 0 saturated heterocycles. The molecule has 0 fully saturated rings. The van der Waals surface area contributed by atoms with Crippen molar-refractivity contribution in [3.05, 3.63) is 61.0 Å². The highest BCUT2D eigenvalue weighted by Gasteiger charge is 1.82. The third-order valence-electron chi connectivity index (χ3n) is 1.30. The topological polar surface area (TPSA) is 12.0 Å². The van der Waals surface area contributed by atoms with E-state index in [-0.39, 0.29) is 0 Å². The van der Waals surface area contributed by atoms with Crippen LogP contribution in [-0.2, 0) is 0 Å². The van der Waals surface area contributed by atoms with Crippen molar-refractivity contribution < 1.29 is 0 Å². The summed E-state index contributed by atoms with van der Waals surface area (Å²) < 4.78 is 0. The average Bonchev–Trinajstić information content (AvgIpc) is 2.14. The first-order chi connectivity index (χ1) is 6.35. The number of nitrogens with one attached hydrogen (secondary N) is 1. The summed E-state index contributed by atoms with van der Waals surface area (Å²) in [6, 6.07) is 0. The van der Waals surface area contributed by atoms with Crippen LogP contribution in [0.5, 0.6) is 0 Å². The maximum absolute atomic E-state index is 3.59. The molecule has 1 nitrogen and oxygen atoms in total. The Labute approximate surface area is 80.9 Å². The molecule has 0 aliphatic carbocycles. The van der Waals surface area contributed by atoms with Gasteiger partial charge in [-0.1, -0.05) is 30.9 Å². The highest BCUT2D eigenvalue weighted by Crippen LogP contribution is 1.93. The number of allylic oxidation sites excluding steroid dienone is 7. The SMILES string of the molecule is C=C/C=C/NC(/C=C\C)=C/C=C\C. The molecule has 0 atom stereocenters. The van der Waals surface area contributed by atoms with Crippen LogP contribution in [0, 0.1) is 0 Å². The highest BCUT2D eigenvalue weighted by molar-refractivity contribution is 5.23. The van der Waals surface area contributed by atoms with Gasteiger partial charge in [-0.15, -0.1) is 0 Å². The maximum Gasteiger partial charge on any atom is 0.0376 e. The van der Waals surface area contributed by atoms with Crippen molar-refractivity contribution in [3.8, 4) is 0 Å². The fraction of sp³-hybridized carbons (Fsp3) is 0.167. The highest BCUT2D eigenvalue weighted by atomic mass is 14.8. The average molecular weight is 175 g/mol. The molecule has 0 aliphatic heterocycles. The molecule has 0 amide bonds. The molecule has 0 saturated carbocycles. The normalized spacial score (nSPS) is 13.2. The van der Waals surface area contributed by atoms with Crippen LogP contribution in [0.2, 0.25) is 0 Å². The van der Waals surface area contributed by atoms with E-state index in [4.69, 9.17) is 0 Å². The van der Waals surface area contributed by atoms with E-state index in [1.54, 1.807) is 6.08 Å². The lowest BCUT2D eigenvalue weighted by Gasteiger charge is -1.98. The van der Waals surface area contributed by atoms with Gasteiger partial charge in [-0.25, -0.2) is 0 Å². The lowest BCUT2D eigenvalue weighted by atomic mass is 10.3. The molecule has 13 heavy (non-hydrogen) atoms. The molecule has 0 aromatic heterocycles. The molecule has 0 aliphatic rings. The van der Waals surface area contributed by atoms with E-state index < -0.39 is 0 Å². The third-order valence-corrected chi connectivity index (χ3v) is 1.30.